The number of thiol groups is 1. The van der Waals surface area contributed by atoms with E-state index in [1.165, 1.54) is 19.2 Å². The number of piperidine rings is 1. The smallest absolute Gasteiger partial charge is 0.254 e. The molecule has 20 heavy (non-hydrogen) atoms. The van der Waals surface area contributed by atoms with Gasteiger partial charge in [0.05, 0.1) is 5.56 Å². The molecule has 1 aromatic carbocycles. The molecule has 7 heteroatoms. The lowest BCUT2D eigenvalue weighted by Gasteiger charge is -2.28. The van der Waals surface area contributed by atoms with Gasteiger partial charge in [0.15, 0.2) is 0 Å². The Bertz CT molecular complexity index is 591. The van der Waals surface area contributed by atoms with Crippen molar-refractivity contribution in [3.63, 3.8) is 0 Å². The zero-order valence-corrected chi connectivity index (χ0v) is 11.6. The highest BCUT2D eigenvalue weighted by molar-refractivity contribution is 7.80. The van der Waals surface area contributed by atoms with Gasteiger partial charge in [-0.25, -0.2) is 4.39 Å². The number of carbonyl (C=O) groups is 3. The molecule has 1 aliphatic heterocycles. The van der Waals surface area contributed by atoms with Crippen LogP contribution in [0.4, 0.5) is 4.39 Å². The molecular formula is C13H13FN2O3S. The minimum absolute atomic E-state index is 0.169. The van der Waals surface area contributed by atoms with E-state index in [9.17, 15) is 18.8 Å². The van der Waals surface area contributed by atoms with Crippen LogP contribution in [0.15, 0.2) is 23.1 Å². The van der Waals surface area contributed by atoms with Crippen LogP contribution in [0.25, 0.3) is 0 Å². The summed E-state index contributed by atoms with van der Waals surface area (Å²) in [5.74, 6) is -2.16. The second-order valence-corrected chi connectivity index (χ2v) is 5.04. The molecule has 3 amide bonds. The number of rotatable bonds is 2. The molecule has 1 aromatic rings. The SMILES string of the molecule is CN1C(=O)CCC(NC(=O)c2cc(S)ccc2F)C1=O. The molecule has 1 N–H and O–H groups in total. The lowest BCUT2D eigenvalue weighted by molar-refractivity contribution is -0.147. The molecule has 106 valence electrons. The maximum Gasteiger partial charge on any atom is 0.254 e. The van der Waals surface area contributed by atoms with Gasteiger partial charge in [-0.05, 0) is 24.6 Å². The number of halogens is 1. The lowest BCUT2D eigenvalue weighted by Crippen LogP contribution is -2.53. The van der Waals surface area contributed by atoms with Crippen LogP contribution in [0.3, 0.4) is 0 Å². The number of benzene rings is 1. The van der Waals surface area contributed by atoms with Gasteiger partial charge in [-0.2, -0.15) is 0 Å². The van der Waals surface area contributed by atoms with Crippen molar-refractivity contribution >= 4 is 30.4 Å². The fourth-order valence-corrected chi connectivity index (χ4v) is 2.18. The van der Waals surface area contributed by atoms with Crippen LogP contribution >= 0.6 is 12.6 Å². The molecule has 0 aromatic heterocycles. The van der Waals surface area contributed by atoms with Crippen LogP contribution in [-0.2, 0) is 9.59 Å². The molecule has 1 atom stereocenters. The number of likely N-dealkylation sites (N-methyl/N-ethyl adjacent to an activating group) is 1. The quantitative estimate of drug-likeness (QED) is 0.632. The number of hydrogen-bond acceptors (Lipinski definition) is 4. The number of hydrogen-bond donors (Lipinski definition) is 2. The highest BCUT2D eigenvalue weighted by Crippen LogP contribution is 2.16. The molecule has 0 aliphatic carbocycles. The molecule has 1 fully saturated rings. The Kier molecular flexibility index (Phi) is 4.08. The first kappa shape index (κ1) is 14.5. The van der Waals surface area contributed by atoms with Crippen LogP contribution in [0.1, 0.15) is 23.2 Å². The molecular weight excluding hydrogens is 283 g/mol. The Morgan fingerprint density at radius 3 is 2.85 bits per heavy atom. The molecule has 0 spiro atoms. The third kappa shape index (κ3) is 2.82. The highest BCUT2D eigenvalue weighted by Gasteiger charge is 2.33. The Balaban J connectivity index is 2.14. The summed E-state index contributed by atoms with van der Waals surface area (Å²) in [5, 5.41) is 2.45. The number of carbonyl (C=O) groups excluding carboxylic acids is 3. The number of amides is 3. The monoisotopic (exact) mass is 296 g/mol. The van der Waals surface area contributed by atoms with E-state index in [0.717, 1.165) is 11.0 Å². The minimum atomic E-state index is -0.812. The van der Waals surface area contributed by atoms with Crippen LogP contribution in [0.5, 0.6) is 0 Å². The van der Waals surface area contributed by atoms with E-state index in [4.69, 9.17) is 0 Å². The average Bonchev–Trinajstić information content (AvgIpc) is 2.42. The zero-order valence-electron chi connectivity index (χ0n) is 10.7. The fourth-order valence-electron chi connectivity index (χ4n) is 1.97. The van der Waals surface area contributed by atoms with Gasteiger partial charge in [0, 0.05) is 18.4 Å². The van der Waals surface area contributed by atoms with Crippen molar-refractivity contribution in [2.45, 2.75) is 23.8 Å². The minimum Gasteiger partial charge on any atom is -0.340 e. The van der Waals surface area contributed by atoms with Crippen LogP contribution in [0.2, 0.25) is 0 Å². The Labute approximate surface area is 120 Å². The van der Waals surface area contributed by atoms with E-state index in [1.807, 2.05) is 0 Å². The summed E-state index contributed by atoms with van der Waals surface area (Å²) in [6.07, 6.45) is 0.387. The summed E-state index contributed by atoms with van der Waals surface area (Å²) < 4.78 is 13.6. The van der Waals surface area contributed by atoms with E-state index in [0.29, 0.717) is 4.90 Å². The van der Waals surface area contributed by atoms with Crippen molar-refractivity contribution in [2.75, 3.05) is 7.05 Å². The van der Waals surface area contributed by atoms with Crippen LogP contribution in [-0.4, -0.2) is 35.7 Å². The number of likely N-dealkylation sites (tertiary alicyclic amines) is 1. The van der Waals surface area contributed by atoms with Gasteiger partial charge in [-0.15, -0.1) is 12.6 Å². The van der Waals surface area contributed by atoms with E-state index < -0.39 is 23.7 Å². The first-order chi connectivity index (χ1) is 9.40. The molecule has 0 radical (unpaired) electrons. The van der Waals surface area contributed by atoms with Gasteiger partial charge >= 0.3 is 0 Å². The van der Waals surface area contributed by atoms with Gasteiger partial charge in [-0.1, -0.05) is 0 Å². The van der Waals surface area contributed by atoms with E-state index in [2.05, 4.69) is 17.9 Å². The molecule has 1 saturated heterocycles. The summed E-state index contributed by atoms with van der Waals surface area (Å²) in [6.45, 7) is 0. The average molecular weight is 296 g/mol. The van der Waals surface area contributed by atoms with E-state index in [-0.39, 0.29) is 24.3 Å². The highest BCUT2D eigenvalue weighted by atomic mass is 32.1. The number of nitrogens with zero attached hydrogens (tertiary/aromatic N) is 1. The van der Waals surface area contributed by atoms with Crippen molar-refractivity contribution in [1.82, 2.24) is 10.2 Å². The normalized spacial score (nSPS) is 19.1. The fraction of sp³-hybridized carbons (Fsp3) is 0.308. The molecule has 0 bridgehead atoms. The van der Waals surface area contributed by atoms with Gasteiger partial charge in [0.25, 0.3) is 11.8 Å². The Morgan fingerprint density at radius 2 is 2.15 bits per heavy atom. The predicted molar refractivity (Wildman–Crippen MR) is 71.9 cm³/mol. The first-order valence-electron chi connectivity index (χ1n) is 6.00. The maximum atomic E-state index is 13.6. The molecule has 0 saturated carbocycles. The molecule has 2 rings (SSSR count). The van der Waals surface area contributed by atoms with Crippen molar-refractivity contribution < 1.29 is 18.8 Å². The second-order valence-electron chi connectivity index (χ2n) is 4.52. The van der Waals surface area contributed by atoms with Crippen molar-refractivity contribution in [2.24, 2.45) is 0 Å². The number of nitrogens with one attached hydrogen (secondary N) is 1. The maximum absolute atomic E-state index is 13.6. The molecule has 1 heterocycles. The largest absolute Gasteiger partial charge is 0.340 e. The summed E-state index contributed by atoms with van der Waals surface area (Å²) in [5.41, 5.74) is -0.176. The third-order valence-electron chi connectivity index (χ3n) is 3.15. The Morgan fingerprint density at radius 1 is 1.45 bits per heavy atom. The standard InChI is InChI=1S/C13H13FN2O3S/c1-16-11(17)5-4-10(13(16)19)15-12(18)8-6-7(20)2-3-9(8)14/h2-3,6,10,20H,4-5H2,1H3,(H,15,18). The van der Waals surface area contributed by atoms with E-state index >= 15 is 0 Å². The Hall–Kier alpha value is -1.89. The van der Waals surface area contributed by atoms with Gasteiger partial charge in [0.1, 0.15) is 11.9 Å². The van der Waals surface area contributed by atoms with Gasteiger partial charge < -0.3 is 5.32 Å². The van der Waals surface area contributed by atoms with E-state index in [1.54, 1.807) is 0 Å². The topological polar surface area (TPSA) is 66.5 Å². The first-order valence-corrected chi connectivity index (χ1v) is 6.44. The van der Waals surface area contributed by atoms with Gasteiger partial charge in [-0.3, -0.25) is 19.3 Å². The summed E-state index contributed by atoms with van der Waals surface area (Å²) in [4.78, 5) is 36.6. The summed E-state index contributed by atoms with van der Waals surface area (Å²) in [6, 6.07) is 3.03. The van der Waals surface area contributed by atoms with Gasteiger partial charge in [0.2, 0.25) is 5.91 Å². The van der Waals surface area contributed by atoms with Crippen molar-refractivity contribution in [3.05, 3.63) is 29.6 Å². The second kappa shape index (κ2) is 5.62. The van der Waals surface area contributed by atoms with Crippen LogP contribution < -0.4 is 5.32 Å². The molecule has 1 aliphatic rings. The summed E-state index contributed by atoms with van der Waals surface area (Å²) >= 11 is 4.04. The van der Waals surface area contributed by atoms with Crippen molar-refractivity contribution in [1.29, 1.82) is 0 Å². The predicted octanol–water partition coefficient (Wildman–Crippen LogP) is 0.992. The lowest BCUT2D eigenvalue weighted by atomic mass is 10.0. The molecule has 1 unspecified atom stereocenters. The molecule has 5 nitrogen and oxygen atoms in total. The number of imide groups is 1. The third-order valence-corrected chi connectivity index (χ3v) is 3.43. The van der Waals surface area contributed by atoms with Crippen molar-refractivity contribution in [3.8, 4) is 0 Å². The van der Waals surface area contributed by atoms with Crippen LogP contribution in [0, 0.1) is 5.82 Å². The zero-order chi connectivity index (χ0) is 14.9. The summed E-state index contributed by atoms with van der Waals surface area (Å²) in [7, 11) is 1.36.